The summed E-state index contributed by atoms with van der Waals surface area (Å²) in [7, 11) is -3.15. The molecule has 3 aromatic rings. The van der Waals surface area contributed by atoms with E-state index in [4.69, 9.17) is 24.3 Å². The Morgan fingerprint density at radius 2 is 1.92 bits per heavy atom. The predicted molar refractivity (Wildman–Crippen MR) is 139 cm³/mol. The molecule has 36 heavy (non-hydrogen) atoms. The van der Waals surface area contributed by atoms with Crippen LogP contribution in [-0.2, 0) is 29.7 Å². The first kappa shape index (κ1) is 28.5. The van der Waals surface area contributed by atoms with Gasteiger partial charge in [0.2, 0.25) is 5.95 Å². The SMILES string of the molecule is CCOP(=O)(CCCO[C@H](COCc1ccccc1)n1cnc2c(SCCO)nc(N)nc21)OCC. The van der Waals surface area contributed by atoms with Crippen molar-refractivity contribution in [2.45, 2.75) is 38.1 Å². The summed E-state index contributed by atoms with van der Waals surface area (Å²) in [6, 6.07) is 9.83. The Kier molecular flexibility index (Phi) is 11.6. The Morgan fingerprint density at radius 3 is 2.61 bits per heavy atom. The first-order valence-electron chi connectivity index (χ1n) is 11.8. The number of rotatable bonds is 17. The van der Waals surface area contributed by atoms with Gasteiger partial charge in [-0.2, -0.15) is 4.98 Å². The second kappa shape index (κ2) is 14.6. The number of benzene rings is 1. The van der Waals surface area contributed by atoms with Crippen LogP contribution in [0.4, 0.5) is 5.95 Å². The third kappa shape index (κ3) is 8.24. The topological polar surface area (TPSA) is 144 Å². The number of fused-ring (bicyclic) bond motifs is 1. The largest absolute Gasteiger partial charge is 0.396 e. The quantitative estimate of drug-likeness (QED) is 0.112. The average Bonchev–Trinajstić information content (AvgIpc) is 3.28. The van der Waals surface area contributed by atoms with Crippen molar-refractivity contribution in [2.24, 2.45) is 0 Å². The fourth-order valence-electron chi connectivity index (χ4n) is 3.46. The smallest absolute Gasteiger partial charge is 0.330 e. The lowest BCUT2D eigenvalue weighted by atomic mass is 10.2. The molecule has 0 bridgehead atoms. The molecular weight excluding hydrogens is 505 g/mol. The summed E-state index contributed by atoms with van der Waals surface area (Å²) < 4.78 is 37.4. The molecular formula is C23H34N5O6PS. The molecule has 0 radical (unpaired) electrons. The molecule has 2 aromatic heterocycles. The van der Waals surface area contributed by atoms with Gasteiger partial charge in [0, 0.05) is 12.4 Å². The second-order valence-electron chi connectivity index (χ2n) is 7.63. The molecule has 11 nitrogen and oxygen atoms in total. The molecule has 3 N–H and O–H groups in total. The third-order valence-corrected chi connectivity index (χ3v) is 8.07. The lowest BCUT2D eigenvalue weighted by Crippen LogP contribution is -2.20. The van der Waals surface area contributed by atoms with Crippen molar-refractivity contribution in [1.82, 2.24) is 19.5 Å². The number of aliphatic hydroxyl groups excluding tert-OH is 1. The van der Waals surface area contributed by atoms with Crippen LogP contribution in [0.1, 0.15) is 32.1 Å². The summed E-state index contributed by atoms with van der Waals surface area (Å²) in [5.41, 5.74) is 8.07. The van der Waals surface area contributed by atoms with E-state index in [1.165, 1.54) is 11.8 Å². The standard InChI is InChI=1S/C23H34N5O6PS/c1-3-33-35(30,34-4-2)13-8-12-32-19(16-31-15-18-9-6-5-7-10-18)28-17-25-20-21(28)26-23(24)27-22(20)36-14-11-29/h5-7,9-10,17,19,29H,3-4,8,11-16H2,1-2H3,(H2,24,26,27)/t19-/m1/s1. The van der Waals surface area contributed by atoms with Gasteiger partial charge in [-0.05, 0) is 25.8 Å². The minimum Gasteiger partial charge on any atom is -0.396 e. The minimum absolute atomic E-state index is 0.00316. The lowest BCUT2D eigenvalue weighted by Gasteiger charge is -2.21. The van der Waals surface area contributed by atoms with E-state index in [0.29, 0.717) is 48.2 Å². The van der Waals surface area contributed by atoms with Crippen molar-refractivity contribution in [2.75, 3.05) is 50.7 Å². The minimum atomic E-state index is -3.15. The van der Waals surface area contributed by atoms with Crippen LogP contribution >= 0.6 is 19.4 Å². The summed E-state index contributed by atoms with van der Waals surface area (Å²) in [6.07, 6.45) is 1.76. The van der Waals surface area contributed by atoms with Crippen LogP contribution in [-0.4, -0.2) is 69.6 Å². The summed E-state index contributed by atoms with van der Waals surface area (Å²) >= 11 is 1.35. The first-order chi connectivity index (χ1) is 17.5. The van der Waals surface area contributed by atoms with E-state index < -0.39 is 13.8 Å². The molecule has 1 aromatic carbocycles. The van der Waals surface area contributed by atoms with Gasteiger partial charge >= 0.3 is 7.60 Å². The maximum Gasteiger partial charge on any atom is 0.330 e. The molecule has 0 fully saturated rings. The van der Waals surface area contributed by atoms with Gasteiger partial charge in [0.25, 0.3) is 0 Å². The number of ether oxygens (including phenoxy) is 2. The normalized spacial score (nSPS) is 12.9. The lowest BCUT2D eigenvalue weighted by molar-refractivity contribution is -0.0599. The number of thioether (sulfide) groups is 1. The number of hydrogen-bond acceptors (Lipinski definition) is 11. The molecule has 1 atom stereocenters. The van der Waals surface area contributed by atoms with Crippen molar-refractivity contribution in [1.29, 1.82) is 0 Å². The Morgan fingerprint density at radius 1 is 1.17 bits per heavy atom. The van der Waals surface area contributed by atoms with Crippen molar-refractivity contribution < 1.29 is 28.2 Å². The monoisotopic (exact) mass is 539 g/mol. The molecule has 3 rings (SSSR count). The van der Waals surface area contributed by atoms with Crippen molar-refractivity contribution in [3.63, 3.8) is 0 Å². The average molecular weight is 540 g/mol. The molecule has 0 saturated heterocycles. The van der Waals surface area contributed by atoms with E-state index in [0.717, 1.165) is 5.56 Å². The Hall–Kier alpha value is -2.05. The third-order valence-electron chi connectivity index (χ3n) is 4.96. The molecule has 0 amide bonds. The summed E-state index contributed by atoms with van der Waals surface area (Å²) in [6.45, 7) is 5.11. The van der Waals surface area contributed by atoms with Crippen molar-refractivity contribution >= 4 is 36.5 Å². The fourth-order valence-corrected chi connectivity index (χ4v) is 5.82. The highest BCUT2D eigenvalue weighted by Gasteiger charge is 2.24. The molecule has 2 heterocycles. The van der Waals surface area contributed by atoms with Gasteiger partial charge in [0.05, 0.1) is 45.5 Å². The van der Waals surface area contributed by atoms with E-state index in [1.807, 2.05) is 30.3 Å². The summed E-state index contributed by atoms with van der Waals surface area (Å²) in [4.78, 5) is 13.1. The van der Waals surface area contributed by atoms with Gasteiger partial charge in [-0.25, -0.2) is 9.97 Å². The second-order valence-corrected chi connectivity index (χ2v) is 10.9. The molecule has 0 spiro atoms. The molecule has 0 saturated carbocycles. The highest BCUT2D eigenvalue weighted by Crippen LogP contribution is 2.48. The number of aliphatic hydroxyl groups is 1. The number of nitrogen functional groups attached to an aromatic ring is 1. The van der Waals surface area contributed by atoms with Crippen LogP contribution in [0.3, 0.4) is 0 Å². The van der Waals surface area contributed by atoms with Crippen molar-refractivity contribution in [3.05, 3.63) is 42.2 Å². The summed E-state index contributed by atoms with van der Waals surface area (Å²) in [5, 5.41) is 9.79. The van der Waals surface area contributed by atoms with Crippen LogP contribution in [0.2, 0.25) is 0 Å². The van der Waals surface area contributed by atoms with Gasteiger partial charge < -0.3 is 29.4 Å². The molecule has 0 aliphatic heterocycles. The van der Waals surface area contributed by atoms with E-state index in [9.17, 15) is 9.67 Å². The molecule has 0 aliphatic carbocycles. The number of hydrogen-bond donors (Lipinski definition) is 2. The Balaban J connectivity index is 1.75. The van der Waals surface area contributed by atoms with Gasteiger partial charge in [0.15, 0.2) is 11.9 Å². The van der Waals surface area contributed by atoms with Gasteiger partial charge in [-0.1, -0.05) is 30.3 Å². The van der Waals surface area contributed by atoms with Gasteiger partial charge in [-0.15, -0.1) is 11.8 Å². The zero-order chi connectivity index (χ0) is 25.8. The van der Waals surface area contributed by atoms with E-state index in [2.05, 4.69) is 15.0 Å². The van der Waals surface area contributed by atoms with E-state index >= 15 is 0 Å². The number of anilines is 1. The number of aromatic nitrogens is 4. The van der Waals surface area contributed by atoms with Crippen LogP contribution in [0.15, 0.2) is 41.7 Å². The highest BCUT2D eigenvalue weighted by molar-refractivity contribution is 7.99. The van der Waals surface area contributed by atoms with E-state index in [1.54, 1.807) is 24.7 Å². The molecule has 13 heteroatoms. The molecule has 0 unspecified atom stereocenters. The number of nitrogens with two attached hydrogens (primary N) is 1. The molecule has 0 aliphatic rings. The molecule has 198 valence electrons. The summed E-state index contributed by atoms with van der Waals surface area (Å²) in [5.74, 6) is 0.557. The van der Waals surface area contributed by atoms with Crippen LogP contribution in [0, 0.1) is 0 Å². The Bertz CT molecular complexity index is 1110. The maximum atomic E-state index is 12.8. The van der Waals surface area contributed by atoms with Crippen molar-refractivity contribution in [3.8, 4) is 0 Å². The predicted octanol–water partition coefficient (Wildman–Crippen LogP) is 3.88. The van der Waals surface area contributed by atoms with Crippen LogP contribution in [0.25, 0.3) is 11.2 Å². The maximum absolute atomic E-state index is 12.8. The Labute approximate surface area is 215 Å². The van der Waals surface area contributed by atoms with Gasteiger partial charge in [0.1, 0.15) is 10.5 Å². The zero-order valence-corrected chi connectivity index (χ0v) is 22.3. The van der Waals surface area contributed by atoms with Crippen LogP contribution in [0.5, 0.6) is 0 Å². The number of imidazole rings is 1. The first-order valence-corrected chi connectivity index (χ1v) is 14.6. The number of nitrogens with zero attached hydrogens (tertiary/aromatic N) is 4. The fraction of sp³-hybridized carbons (Fsp3) is 0.522. The van der Waals surface area contributed by atoms with Gasteiger partial charge in [-0.3, -0.25) is 9.13 Å². The highest BCUT2D eigenvalue weighted by atomic mass is 32.2. The van der Waals surface area contributed by atoms with Crippen LogP contribution < -0.4 is 5.73 Å². The van der Waals surface area contributed by atoms with E-state index in [-0.39, 0.29) is 31.9 Å². The zero-order valence-electron chi connectivity index (χ0n) is 20.6.